The Kier molecular flexibility index (Phi) is 5.58. The molecule has 0 aliphatic carbocycles. The second-order valence-electron chi connectivity index (χ2n) is 10.1. The van der Waals surface area contributed by atoms with Gasteiger partial charge in [-0.1, -0.05) is 97.4 Å². The number of rotatable bonds is 6. The molecule has 7 rings (SSSR count). The van der Waals surface area contributed by atoms with Gasteiger partial charge in [0.2, 0.25) is 0 Å². The summed E-state index contributed by atoms with van der Waals surface area (Å²) in [6.07, 6.45) is 6.91. The maximum atomic E-state index is 4.09. The average Bonchev–Trinajstić information content (AvgIpc) is 2.85. The first-order chi connectivity index (χ1) is 15.9. The largest absolute Gasteiger partial charge is 0.308 e. The zero-order chi connectivity index (χ0) is 21.3. The van der Waals surface area contributed by atoms with E-state index in [9.17, 15) is 0 Å². The molecule has 4 aliphatic rings. The molecule has 32 heavy (non-hydrogen) atoms. The number of nitrogens with one attached hydrogen (secondary N) is 1. The predicted molar refractivity (Wildman–Crippen MR) is 132 cm³/mol. The summed E-state index contributed by atoms with van der Waals surface area (Å²) in [6, 6.07) is 36.1. The minimum atomic E-state index is 0.400. The highest BCUT2D eigenvalue weighted by Crippen LogP contribution is 2.50. The van der Waals surface area contributed by atoms with Crippen LogP contribution in [0.4, 0.5) is 0 Å². The summed E-state index contributed by atoms with van der Waals surface area (Å²) in [5.41, 5.74) is 4.31. The molecule has 0 amide bonds. The van der Waals surface area contributed by atoms with Crippen LogP contribution >= 0.6 is 0 Å². The molecular weight excluding hydrogens is 388 g/mol. The Morgan fingerprint density at radius 1 is 0.719 bits per heavy atom. The van der Waals surface area contributed by atoms with Crippen LogP contribution in [0.3, 0.4) is 0 Å². The van der Waals surface area contributed by atoms with Crippen LogP contribution in [-0.2, 0) is 6.54 Å². The van der Waals surface area contributed by atoms with Gasteiger partial charge in [0.05, 0.1) is 0 Å². The van der Waals surface area contributed by atoms with Crippen LogP contribution in [0.1, 0.15) is 54.7 Å². The Morgan fingerprint density at radius 2 is 1.25 bits per heavy atom. The minimum Gasteiger partial charge on any atom is -0.308 e. The van der Waals surface area contributed by atoms with Gasteiger partial charge in [-0.3, -0.25) is 4.90 Å². The van der Waals surface area contributed by atoms with E-state index in [0.717, 1.165) is 24.5 Å². The SMILES string of the molecule is c1ccc(CN[C@H]2C3CC4CCCC(C3)N4[C@H]2C(c2ccccc2)c2ccccc2)cc1. The van der Waals surface area contributed by atoms with Crippen molar-refractivity contribution in [3.05, 3.63) is 108 Å². The molecule has 4 atom stereocenters. The molecule has 0 saturated carbocycles. The van der Waals surface area contributed by atoms with Crippen molar-refractivity contribution in [2.24, 2.45) is 5.92 Å². The molecule has 3 aromatic carbocycles. The summed E-state index contributed by atoms with van der Waals surface area (Å²) in [6.45, 7) is 0.956. The van der Waals surface area contributed by atoms with Crippen LogP contribution in [0.5, 0.6) is 0 Å². The quantitative estimate of drug-likeness (QED) is 0.525. The van der Waals surface area contributed by atoms with Crippen LogP contribution in [-0.4, -0.2) is 29.1 Å². The van der Waals surface area contributed by atoms with E-state index in [4.69, 9.17) is 0 Å². The Labute approximate surface area is 192 Å². The lowest BCUT2D eigenvalue weighted by Gasteiger charge is -2.63. The summed E-state index contributed by atoms with van der Waals surface area (Å²) in [5.74, 6) is 1.18. The Bertz CT molecular complexity index is 949. The number of hydrogen-bond acceptors (Lipinski definition) is 2. The van der Waals surface area contributed by atoms with E-state index in [2.05, 4.69) is 101 Å². The van der Waals surface area contributed by atoms with Crippen molar-refractivity contribution in [1.29, 1.82) is 0 Å². The van der Waals surface area contributed by atoms with Crippen LogP contribution in [0.15, 0.2) is 91.0 Å². The summed E-state index contributed by atoms with van der Waals surface area (Å²) in [4.78, 5) is 2.98. The highest BCUT2D eigenvalue weighted by molar-refractivity contribution is 5.36. The smallest absolute Gasteiger partial charge is 0.0367 e. The van der Waals surface area contributed by atoms with E-state index in [1.807, 2.05) is 0 Å². The second-order valence-corrected chi connectivity index (χ2v) is 10.1. The zero-order valence-electron chi connectivity index (χ0n) is 18.8. The maximum Gasteiger partial charge on any atom is 0.0367 e. The van der Waals surface area contributed by atoms with Crippen molar-refractivity contribution in [3.8, 4) is 0 Å². The minimum absolute atomic E-state index is 0.400. The zero-order valence-corrected chi connectivity index (χ0v) is 18.8. The molecule has 2 heteroatoms. The molecule has 4 bridgehead atoms. The molecule has 1 N–H and O–H groups in total. The first-order valence-corrected chi connectivity index (χ1v) is 12.5. The van der Waals surface area contributed by atoms with Crippen molar-refractivity contribution in [2.75, 3.05) is 0 Å². The third-order valence-corrected chi connectivity index (χ3v) is 8.33. The van der Waals surface area contributed by atoms with E-state index in [-0.39, 0.29) is 0 Å². The molecule has 164 valence electrons. The van der Waals surface area contributed by atoms with Crippen molar-refractivity contribution in [1.82, 2.24) is 10.2 Å². The molecule has 2 unspecified atom stereocenters. The lowest BCUT2D eigenvalue weighted by atomic mass is 9.63. The highest BCUT2D eigenvalue weighted by atomic mass is 15.3. The number of fused-ring (bicyclic) bond motifs is 1. The molecule has 4 fully saturated rings. The number of piperidine rings is 4. The molecule has 4 saturated heterocycles. The molecule has 0 spiro atoms. The highest BCUT2D eigenvalue weighted by Gasteiger charge is 2.54. The van der Waals surface area contributed by atoms with Crippen LogP contribution in [0.25, 0.3) is 0 Å². The van der Waals surface area contributed by atoms with Gasteiger partial charge in [0, 0.05) is 36.6 Å². The maximum absolute atomic E-state index is 4.09. The van der Waals surface area contributed by atoms with Crippen LogP contribution in [0.2, 0.25) is 0 Å². The van der Waals surface area contributed by atoms with Crippen molar-refractivity contribution in [3.63, 3.8) is 0 Å². The summed E-state index contributed by atoms with van der Waals surface area (Å²) >= 11 is 0. The third-order valence-electron chi connectivity index (χ3n) is 8.33. The van der Waals surface area contributed by atoms with Gasteiger partial charge in [-0.25, -0.2) is 0 Å². The molecule has 3 aromatic rings. The second kappa shape index (κ2) is 8.84. The van der Waals surface area contributed by atoms with Gasteiger partial charge in [0.1, 0.15) is 0 Å². The Balaban J connectivity index is 1.41. The Hall–Kier alpha value is -2.42. The van der Waals surface area contributed by atoms with Gasteiger partial charge in [-0.05, 0) is 48.3 Å². The lowest BCUT2D eigenvalue weighted by molar-refractivity contribution is -0.101. The Morgan fingerprint density at radius 3 is 1.81 bits per heavy atom. The fraction of sp³-hybridized carbons (Fsp3) is 0.400. The van der Waals surface area contributed by atoms with Crippen molar-refractivity contribution >= 4 is 0 Å². The van der Waals surface area contributed by atoms with Gasteiger partial charge in [0.15, 0.2) is 0 Å². The van der Waals surface area contributed by atoms with E-state index in [1.54, 1.807) is 0 Å². The standard InChI is InChI=1S/C30H34N2/c1-4-11-22(12-5-1)21-31-29-25-19-26-17-10-18-27(20-25)32(26)30(29)28(23-13-6-2-7-14-23)24-15-8-3-9-16-24/h1-9,11-16,25-31H,10,17-21H2/t25?,26?,27?,29-,30-/m0/s1. The third kappa shape index (κ3) is 3.70. The average molecular weight is 423 g/mol. The monoisotopic (exact) mass is 422 g/mol. The van der Waals surface area contributed by atoms with E-state index < -0.39 is 0 Å². The summed E-state index contributed by atoms with van der Waals surface area (Å²) in [5, 5.41) is 4.09. The fourth-order valence-electron chi connectivity index (χ4n) is 7.11. The van der Waals surface area contributed by atoms with Gasteiger partial charge in [-0.2, -0.15) is 0 Å². The number of nitrogens with zero attached hydrogens (tertiary/aromatic N) is 1. The summed E-state index contributed by atoms with van der Waals surface area (Å²) < 4.78 is 0. The van der Waals surface area contributed by atoms with Crippen molar-refractivity contribution in [2.45, 2.75) is 68.7 Å². The first kappa shape index (κ1) is 20.2. The lowest BCUT2D eigenvalue weighted by Crippen LogP contribution is -2.71. The molecule has 4 aliphatic heterocycles. The van der Waals surface area contributed by atoms with Crippen molar-refractivity contribution < 1.29 is 0 Å². The van der Waals surface area contributed by atoms with Gasteiger partial charge < -0.3 is 5.32 Å². The summed E-state index contributed by atoms with van der Waals surface area (Å²) in [7, 11) is 0. The number of hydrogen-bond donors (Lipinski definition) is 1. The van der Waals surface area contributed by atoms with E-state index >= 15 is 0 Å². The van der Waals surface area contributed by atoms with Crippen LogP contribution in [0, 0.1) is 5.92 Å². The molecule has 0 radical (unpaired) electrons. The van der Waals surface area contributed by atoms with E-state index in [0.29, 0.717) is 18.0 Å². The van der Waals surface area contributed by atoms with Gasteiger partial charge >= 0.3 is 0 Å². The fourth-order valence-corrected chi connectivity index (χ4v) is 7.11. The normalized spacial score (nSPS) is 31.0. The topological polar surface area (TPSA) is 15.3 Å². The molecule has 4 heterocycles. The molecule has 0 aromatic heterocycles. The van der Waals surface area contributed by atoms with Gasteiger partial charge in [-0.15, -0.1) is 0 Å². The molecule has 2 nitrogen and oxygen atoms in total. The predicted octanol–water partition coefficient (Wildman–Crippen LogP) is 5.99. The van der Waals surface area contributed by atoms with E-state index in [1.165, 1.54) is 48.8 Å². The van der Waals surface area contributed by atoms with Crippen LogP contribution < -0.4 is 5.32 Å². The molecular formula is C30H34N2. The first-order valence-electron chi connectivity index (χ1n) is 12.5. The number of benzene rings is 3. The van der Waals surface area contributed by atoms with Gasteiger partial charge in [0.25, 0.3) is 0 Å².